The number of carbonyl (C=O) groups is 4. The van der Waals surface area contributed by atoms with Crippen LogP contribution in [0.25, 0.3) is 0 Å². The molecule has 2 saturated heterocycles. The minimum absolute atomic E-state index is 0.150. The second-order valence-electron chi connectivity index (χ2n) is 8.76. The van der Waals surface area contributed by atoms with Gasteiger partial charge in [0.1, 0.15) is 5.54 Å². The summed E-state index contributed by atoms with van der Waals surface area (Å²) in [7, 11) is 0. The van der Waals surface area contributed by atoms with Gasteiger partial charge in [-0.25, -0.2) is 0 Å². The van der Waals surface area contributed by atoms with Gasteiger partial charge in [-0.1, -0.05) is 24.6 Å². The molecular formula is C22H27N3O5. The van der Waals surface area contributed by atoms with Gasteiger partial charge in [-0.15, -0.1) is 0 Å². The Balaban J connectivity index is 1.88. The first-order valence-electron chi connectivity index (χ1n) is 10.4. The SMILES string of the molecule is CCC(C)N1C(=O)C2C(CCC(=O)O)NC3(C(=O)Nc4c(C)cc(C)cc43)C2C1=O. The van der Waals surface area contributed by atoms with Crippen LogP contribution in [0, 0.1) is 25.7 Å². The van der Waals surface area contributed by atoms with Gasteiger partial charge in [0, 0.05) is 29.8 Å². The van der Waals surface area contributed by atoms with Gasteiger partial charge in [0.05, 0.1) is 11.8 Å². The third-order valence-corrected chi connectivity index (χ3v) is 6.90. The van der Waals surface area contributed by atoms with Crippen LogP contribution in [0.15, 0.2) is 12.1 Å². The lowest BCUT2D eigenvalue weighted by atomic mass is 9.75. The van der Waals surface area contributed by atoms with E-state index in [0.29, 0.717) is 17.7 Å². The number of rotatable bonds is 5. The largest absolute Gasteiger partial charge is 0.481 e. The van der Waals surface area contributed by atoms with Crippen molar-refractivity contribution in [3.05, 3.63) is 28.8 Å². The molecule has 3 aliphatic heterocycles. The lowest BCUT2D eigenvalue weighted by Gasteiger charge is -2.31. The number of aryl methyl sites for hydroxylation is 2. The molecule has 1 spiro atoms. The van der Waals surface area contributed by atoms with Crippen LogP contribution in [0.2, 0.25) is 0 Å². The van der Waals surface area contributed by atoms with Crippen molar-refractivity contribution in [2.45, 2.75) is 64.6 Å². The van der Waals surface area contributed by atoms with Crippen molar-refractivity contribution in [3.8, 4) is 0 Å². The van der Waals surface area contributed by atoms with Crippen LogP contribution in [0.4, 0.5) is 5.69 Å². The topological polar surface area (TPSA) is 116 Å². The summed E-state index contributed by atoms with van der Waals surface area (Å²) in [6.07, 6.45) is 0.625. The zero-order chi connectivity index (χ0) is 22.0. The minimum Gasteiger partial charge on any atom is -0.481 e. The van der Waals surface area contributed by atoms with Crippen LogP contribution in [0.3, 0.4) is 0 Å². The van der Waals surface area contributed by atoms with E-state index in [0.717, 1.165) is 11.1 Å². The Hall–Kier alpha value is -2.74. The summed E-state index contributed by atoms with van der Waals surface area (Å²) < 4.78 is 0. The number of amides is 3. The van der Waals surface area contributed by atoms with Crippen molar-refractivity contribution in [2.24, 2.45) is 11.8 Å². The standard InChI is InChI=1S/C22H27N3O5/c1-5-12(4)25-19(28)16-14(6-7-15(26)27)24-22(17(16)20(25)29)13-9-10(2)8-11(3)18(13)23-21(22)30/h8-9,12,14,16-17,24H,5-7H2,1-4H3,(H,23,30)(H,26,27). The van der Waals surface area contributed by atoms with E-state index in [-0.39, 0.29) is 36.6 Å². The zero-order valence-electron chi connectivity index (χ0n) is 17.6. The van der Waals surface area contributed by atoms with Crippen molar-refractivity contribution in [1.82, 2.24) is 10.2 Å². The fourth-order valence-corrected chi connectivity index (χ4v) is 5.42. The van der Waals surface area contributed by atoms with E-state index in [4.69, 9.17) is 0 Å². The van der Waals surface area contributed by atoms with Crippen LogP contribution in [0.1, 0.15) is 49.8 Å². The maximum absolute atomic E-state index is 13.5. The first-order valence-corrected chi connectivity index (χ1v) is 10.4. The molecule has 0 aliphatic carbocycles. The predicted octanol–water partition coefficient (Wildman–Crippen LogP) is 1.69. The van der Waals surface area contributed by atoms with Gasteiger partial charge < -0.3 is 10.4 Å². The molecule has 4 rings (SSSR count). The molecule has 160 valence electrons. The molecule has 5 atom stereocenters. The highest BCUT2D eigenvalue weighted by atomic mass is 16.4. The summed E-state index contributed by atoms with van der Waals surface area (Å²) in [5, 5.41) is 15.4. The lowest BCUT2D eigenvalue weighted by Crippen LogP contribution is -2.54. The van der Waals surface area contributed by atoms with Gasteiger partial charge in [0.2, 0.25) is 17.7 Å². The normalized spacial score (nSPS) is 30.6. The quantitative estimate of drug-likeness (QED) is 0.633. The second kappa shape index (κ2) is 6.91. The molecule has 2 fully saturated rings. The van der Waals surface area contributed by atoms with Crippen molar-refractivity contribution < 1.29 is 24.3 Å². The summed E-state index contributed by atoms with van der Waals surface area (Å²) in [6, 6.07) is 2.98. The lowest BCUT2D eigenvalue weighted by molar-refractivity contribution is -0.145. The average molecular weight is 413 g/mol. The van der Waals surface area contributed by atoms with Gasteiger partial charge >= 0.3 is 5.97 Å². The summed E-state index contributed by atoms with van der Waals surface area (Å²) in [4.78, 5) is 52.7. The van der Waals surface area contributed by atoms with E-state index in [1.165, 1.54) is 4.90 Å². The first-order chi connectivity index (χ1) is 14.1. The molecule has 1 aromatic carbocycles. The van der Waals surface area contributed by atoms with Crippen molar-refractivity contribution in [3.63, 3.8) is 0 Å². The molecule has 8 nitrogen and oxygen atoms in total. The number of likely N-dealkylation sites (tertiary alicyclic amines) is 1. The monoisotopic (exact) mass is 413 g/mol. The van der Waals surface area contributed by atoms with E-state index in [1.54, 1.807) is 0 Å². The van der Waals surface area contributed by atoms with Crippen molar-refractivity contribution in [1.29, 1.82) is 0 Å². The number of benzene rings is 1. The molecule has 0 saturated carbocycles. The minimum atomic E-state index is -1.37. The Morgan fingerprint density at radius 3 is 2.57 bits per heavy atom. The highest BCUT2D eigenvalue weighted by Gasteiger charge is 2.70. The number of hydrogen-bond donors (Lipinski definition) is 3. The van der Waals surface area contributed by atoms with Gasteiger partial charge in [0.25, 0.3) is 0 Å². The van der Waals surface area contributed by atoms with Crippen LogP contribution in [0.5, 0.6) is 0 Å². The fourth-order valence-electron chi connectivity index (χ4n) is 5.42. The summed E-state index contributed by atoms with van der Waals surface area (Å²) in [6.45, 7) is 7.54. The molecule has 0 radical (unpaired) electrons. The number of imide groups is 1. The number of nitrogens with zero attached hydrogens (tertiary/aromatic N) is 1. The fraction of sp³-hybridized carbons (Fsp3) is 0.545. The Bertz CT molecular complexity index is 974. The third kappa shape index (κ3) is 2.62. The Morgan fingerprint density at radius 1 is 1.23 bits per heavy atom. The molecule has 3 amide bonds. The molecular weight excluding hydrogens is 386 g/mol. The highest BCUT2D eigenvalue weighted by Crippen LogP contribution is 2.54. The summed E-state index contributed by atoms with van der Waals surface area (Å²) >= 11 is 0. The number of anilines is 1. The van der Waals surface area contributed by atoms with E-state index in [2.05, 4.69) is 10.6 Å². The number of carboxylic acids is 1. The second-order valence-corrected chi connectivity index (χ2v) is 8.76. The molecule has 0 aromatic heterocycles. The van der Waals surface area contributed by atoms with Crippen molar-refractivity contribution in [2.75, 3.05) is 5.32 Å². The van der Waals surface area contributed by atoms with E-state index in [1.807, 2.05) is 39.8 Å². The molecule has 5 unspecified atom stereocenters. The van der Waals surface area contributed by atoms with E-state index < -0.39 is 29.4 Å². The van der Waals surface area contributed by atoms with Crippen LogP contribution < -0.4 is 10.6 Å². The van der Waals surface area contributed by atoms with Gasteiger partial charge in [-0.3, -0.25) is 29.4 Å². The third-order valence-electron chi connectivity index (χ3n) is 6.90. The molecule has 3 N–H and O–H groups in total. The van der Waals surface area contributed by atoms with Gasteiger partial charge in [0.15, 0.2) is 0 Å². The number of hydrogen-bond acceptors (Lipinski definition) is 5. The zero-order valence-corrected chi connectivity index (χ0v) is 17.6. The van der Waals surface area contributed by atoms with Crippen LogP contribution in [-0.4, -0.2) is 45.8 Å². The van der Waals surface area contributed by atoms with Crippen LogP contribution >= 0.6 is 0 Å². The predicted molar refractivity (Wildman–Crippen MR) is 109 cm³/mol. The summed E-state index contributed by atoms with van der Waals surface area (Å²) in [5.74, 6) is -3.65. The van der Waals surface area contributed by atoms with Gasteiger partial charge in [-0.05, 0) is 39.2 Å². The Morgan fingerprint density at radius 2 is 1.93 bits per heavy atom. The Labute approximate surface area is 175 Å². The number of carbonyl (C=O) groups excluding carboxylic acids is 3. The number of nitrogens with one attached hydrogen (secondary N) is 2. The summed E-state index contributed by atoms with van der Waals surface area (Å²) in [5.41, 5.74) is 1.81. The molecule has 0 bridgehead atoms. The van der Waals surface area contributed by atoms with Crippen LogP contribution in [-0.2, 0) is 24.7 Å². The number of fused-ring (bicyclic) bond motifs is 4. The van der Waals surface area contributed by atoms with E-state index in [9.17, 15) is 24.3 Å². The first kappa shape index (κ1) is 20.5. The maximum Gasteiger partial charge on any atom is 0.303 e. The number of carboxylic acid groups (broad SMARTS) is 1. The average Bonchev–Trinajstić information content (AvgIpc) is 3.25. The van der Waals surface area contributed by atoms with Gasteiger partial charge in [-0.2, -0.15) is 0 Å². The van der Waals surface area contributed by atoms with Crippen molar-refractivity contribution >= 4 is 29.4 Å². The van der Waals surface area contributed by atoms with E-state index >= 15 is 0 Å². The molecule has 1 aromatic rings. The molecule has 30 heavy (non-hydrogen) atoms. The highest BCUT2D eigenvalue weighted by molar-refractivity contribution is 6.15. The Kier molecular flexibility index (Phi) is 4.73. The maximum atomic E-state index is 13.5. The molecule has 8 heteroatoms. The molecule has 3 heterocycles. The number of aliphatic carboxylic acids is 1. The smallest absolute Gasteiger partial charge is 0.303 e. The molecule has 3 aliphatic rings.